The zero-order valence-electron chi connectivity index (χ0n) is 8.54. The maximum Gasteiger partial charge on any atom is 0.153 e. The van der Waals surface area contributed by atoms with Crippen LogP contribution in [0, 0.1) is 0 Å². The van der Waals surface area contributed by atoms with Crippen molar-refractivity contribution in [1.82, 2.24) is 5.16 Å². The summed E-state index contributed by atoms with van der Waals surface area (Å²) in [5, 5.41) is 3.84. The Balaban J connectivity index is 2.11. The van der Waals surface area contributed by atoms with Gasteiger partial charge in [-0.1, -0.05) is 30.8 Å². The summed E-state index contributed by atoms with van der Waals surface area (Å²) in [6.45, 7) is 0.478. The first-order chi connectivity index (χ1) is 6.92. The first-order valence-electron chi connectivity index (χ1n) is 5.55. The molecule has 0 atom stereocenters. The Morgan fingerprint density at radius 2 is 2.00 bits per heavy atom. The molecule has 0 unspecified atom stereocenters. The highest BCUT2D eigenvalue weighted by Gasteiger charge is 2.19. The Labute approximate surface area is 84.7 Å². The fraction of sp³-hybridized carbons (Fsp3) is 0.727. The predicted octanol–water partition coefficient (Wildman–Crippen LogP) is 2.57. The molecule has 2 N–H and O–H groups in total. The lowest BCUT2D eigenvalue weighted by molar-refractivity contribution is 0.381. The number of nitrogens with two attached hydrogens (primary N) is 1. The van der Waals surface area contributed by atoms with Gasteiger partial charge < -0.3 is 10.3 Å². The molecule has 0 aliphatic heterocycles. The smallest absolute Gasteiger partial charge is 0.153 e. The van der Waals surface area contributed by atoms with Gasteiger partial charge in [0.25, 0.3) is 0 Å². The number of hydrogen-bond donors (Lipinski definition) is 1. The van der Waals surface area contributed by atoms with Crippen LogP contribution in [0.2, 0.25) is 0 Å². The molecule has 3 nitrogen and oxygen atoms in total. The summed E-state index contributed by atoms with van der Waals surface area (Å²) in [6.07, 6.45) is 9.82. The Hall–Kier alpha value is -0.830. The van der Waals surface area contributed by atoms with Crippen LogP contribution < -0.4 is 5.73 Å². The van der Waals surface area contributed by atoms with Gasteiger partial charge in [-0.3, -0.25) is 0 Å². The summed E-state index contributed by atoms with van der Waals surface area (Å²) in [5.41, 5.74) is 6.87. The lowest BCUT2D eigenvalue weighted by atomic mass is 9.92. The highest BCUT2D eigenvalue weighted by Crippen LogP contribution is 2.33. The number of nitrogens with zero attached hydrogens (tertiary/aromatic N) is 1. The largest absolute Gasteiger partial charge is 0.360 e. The van der Waals surface area contributed by atoms with Crippen LogP contribution in [0.1, 0.15) is 55.8 Å². The van der Waals surface area contributed by atoms with Crippen molar-refractivity contribution in [3.8, 4) is 0 Å². The Kier molecular flexibility index (Phi) is 3.19. The maximum atomic E-state index is 5.61. The minimum atomic E-state index is 0.478. The monoisotopic (exact) mass is 194 g/mol. The van der Waals surface area contributed by atoms with Gasteiger partial charge in [-0.25, -0.2) is 0 Å². The van der Waals surface area contributed by atoms with E-state index < -0.39 is 0 Å². The predicted molar refractivity (Wildman–Crippen MR) is 54.8 cm³/mol. The zero-order chi connectivity index (χ0) is 9.80. The van der Waals surface area contributed by atoms with Crippen molar-refractivity contribution >= 4 is 0 Å². The van der Waals surface area contributed by atoms with Crippen molar-refractivity contribution < 1.29 is 4.52 Å². The van der Waals surface area contributed by atoms with Crippen LogP contribution in [-0.2, 0) is 6.54 Å². The molecule has 14 heavy (non-hydrogen) atoms. The quantitative estimate of drug-likeness (QED) is 0.736. The molecule has 1 aromatic rings. The van der Waals surface area contributed by atoms with E-state index in [1.54, 1.807) is 0 Å². The van der Waals surface area contributed by atoms with Gasteiger partial charge in [0, 0.05) is 5.56 Å². The van der Waals surface area contributed by atoms with E-state index in [0.29, 0.717) is 12.5 Å². The molecule has 1 aromatic heterocycles. The van der Waals surface area contributed by atoms with E-state index in [4.69, 9.17) is 10.3 Å². The summed E-state index contributed by atoms with van der Waals surface area (Å²) in [7, 11) is 0. The second-order valence-corrected chi connectivity index (χ2v) is 4.10. The van der Waals surface area contributed by atoms with Crippen LogP contribution in [0.25, 0.3) is 0 Å². The zero-order valence-corrected chi connectivity index (χ0v) is 8.54. The van der Waals surface area contributed by atoms with Crippen molar-refractivity contribution in [1.29, 1.82) is 0 Å². The Morgan fingerprint density at radius 1 is 1.29 bits per heavy atom. The SMILES string of the molecule is NCc1oncc1C1CCCCCC1. The minimum absolute atomic E-state index is 0.478. The van der Waals surface area contributed by atoms with Gasteiger partial charge in [-0.15, -0.1) is 0 Å². The van der Waals surface area contributed by atoms with Gasteiger partial charge in [0.1, 0.15) is 0 Å². The average molecular weight is 194 g/mol. The Morgan fingerprint density at radius 3 is 2.64 bits per heavy atom. The van der Waals surface area contributed by atoms with E-state index in [-0.39, 0.29) is 0 Å². The van der Waals surface area contributed by atoms with E-state index >= 15 is 0 Å². The second kappa shape index (κ2) is 4.60. The molecule has 0 amide bonds. The normalized spacial score (nSPS) is 19.5. The number of aromatic nitrogens is 1. The van der Waals surface area contributed by atoms with Crippen LogP contribution in [-0.4, -0.2) is 5.16 Å². The highest BCUT2D eigenvalue weighted by atomic mass is 16.5. The second-order valence-electron chi connectivity index (χ2n) is 4.10. The van der Waals surface area contributed by atoms with E-state index in [1.807, 2.05) is 6.20 Å². The third-order valence-electron chi connectivity index (χ3n) is 3.16. The van der Waals surface area contributed by atoms with Crippen LogP contribution in [0.4, 0.5) is 0 Å². The van der Waals surface area contributed by atoms with Crippen molar-refractivity contribution in [2.75, 3.05) is 0 Å². The van der Waals surface area contributed by atoms with Crippen LogP contribution in [0.15, 0.2) is 10.7 Å². The van der Waals surface area contributed by atoms with Crippen molar-refractivity contribution in [3.63, 3.8) is 0 Å². The van der Waals surface area contributed by atoms with Crippen molar-refractivity contribution in [3.05, 3.63) is 17.5 Å². The maximum absolute atomic E-state index is 5.61. The summed E-state index contributed by atoms with van der Waals surface area (Å²) >= 11 is 0. The minimum Gasteiger partial charge on any atom is -0.360 e. The molecule has 0 saturated heterocycles. The van der Waals surface area contributed by atoms with Gasteiger partial charge in [-0.05, 0) is 18.8 Å². The molecule has 0 aromatic carbocycles. The van der Waals surface area contributed by atoms with Gasteiger partial charge in [0.2, 0.25) is 0 Å². The summed E-state index contributed by atoms with van der Waals surface area (Å²) < 4.78 is 5.13. The molecule has 0 spiro atoms. The highest BCUT2D eigenvalue weighted by molar-refractivity contribution is 5.18. The van der Waals surface area contributed by atoms with Gasteiger partial charge in [0.05, 0.1) is 12.7 Å². The van der Waals surface area contributed by atoms with Crippen LogP contribution in [0.5, 0.6) is 0 Å². The van der Waals surface area contributed by atoms with Crippen LogP contribution >= 0.6 is 0 Å². The van der Waals surface area contributed by atoms with E-state index in [1.165, 1.54) is 44.1 Å². The summed E-state index contributed by atoms with van der Waals surface area (Å²) in [5.74, 6) is 1.53. The van der Waals surface area contributed by atoms with Crippen molar-refractivity contribution in [2.45, 2.75) is 51.0 Å². The topological polar surface area (TPSA) is 52.0 Å². The van der Waals surface area contributed by atoms with E-state index in [0.717, 1.165) is 5.76 Å². The fourth-order valence-electron chi connectivity index (χ4n) is 2.35. The molecule has 1 aliphatic rings. The van der Waals surface area contributed by atoms with Gasteiger partial charge in [0.15, 0.2) is 5.76 Å². The molecule has 78 valence electrons. The molecule has 0 bridgehead atoms. The molecule has 1 fully saturated rings. The molecular weight excluding hydrogens is 176 g/mol. The standard InChI is InChI=1S/C11H18N2O/c12-7-11-10(8-13-14-11)9-5-3-1-2-4-6-9/h8-9H,1-7,12H2. The third kappa shape index (κ3) is 1.98. The van der Waals surface area contributed by atoms with Gasteiger partial charge in [-0.2, -0.15) is 0 Å². The molecule has 2 rings (SSSR count). The molecule has 1 heterocycles. The molecule has 3 heteroatoms. The van der Waals surface area contributed by atoms with Crippen LogP contribution in [0.3, 0.4) is 0 Å². The van der Waals surface area contributed by atoms with Crippen molar-refractivity contribution in [2.24, 2.45) is 5.73 Å². The third-order valence-corrected chi connectivity index (χ3v) is 3.16. The molecular formula is C11H18N2O. The van der Waals surface area contributed by atoms with E-state index in [2.05, 4.69) is 5.16 Å². The average Bonchev–Trinajstić information content (AvgIpc) is 2.52. The number of hydrogen-bond acceptors (Lipinski definition) is 3. The lowest BCUT2D eigenvalue weighted by Gasteiger charge is -2.12. The Bertz CT molecular complexity index is 275. The fourth-order valence-corrected chi connectivity index (χ4v) is 2.35. The summed E-state index contributed by atoms with van der Waals surface area (Å²) in [6, 6.07) is 0. The molecule has 1 aliphatic carbocycles. The summed E-state index contributed by atoms with van der Waals surface area (Å²) in [4.78, 5) is 0. The first-order valence-corrected chi connectivity index (χ1v) is 5.55. The first kappa shape index (κ1) is 9.71. The van der Waals surface area contributed by atoms with E-state index in [9.17, 15) is 0 Å². The molecule has 1 saturated carbocycles. The molecule has 0 radical (unpaired) electrons. The number of rotatable bonds is 2. The lowest BCUT2D eigenvalue weighted by Crippen LogP contribution is -2.03. The van der Waals surface area contributed by atoms with Gasteiger partial charge >= 0.3 is 0 Å².